The molecule has 1 fully saturated rings. The smallest absolute Gasteiger partial charge is 0.322 e. The molecule has 0 saturated heterocycles. The summed E-state index contributed by atoms with van der Waals surface area (Å²) in [7, 11) is 1.68. The van der Waals surface area contributed by atoms with Gasteiger partial charge in [0.2, 0.25) is 5.91 Å². The second-order valence-electron chi connectivity index (χ2n) is 8.10. The summed E-state index contributed by atoms with van der Waals surface area (Å²) in [6.07, 6.45) is 3.71. The van der Waals surface area contributed by atoms with E-state index in [0.29, 0.717) is 22.7 Å². The average molecular weight is 413 g/mol. The van der Waals surface area contributed by atoms with Gasteiger partial charge in [-0.2, -0.15) is 0 Å². The number of carbonyl (C=O) groups is 2. The number of rotatable bonds is 3. The number of fused-ring (bicyclic) bond motifs is 1. The van der Waals surface area contributed by atoms with Gasteiger partial charge in [0.25, 0.3) is 0 Å². The molecule has 0 aromatic heterocycles. The molecule has 30 heavy (non-hydrogen) atoms. The predicted octanol–water partition coefficient (Wildman–Crippen LogP) is 4.53. The highest BCUT2D eigenvalue weighted by molar-refractivity contribution is 5.89. The Labute approximate surface area is 174 Å². The summed E-state index contributed by atoms with van der Waals surface area (Å²) in [5.41, 5.74) is 2.74. The molecule has 0 spiro atoms. The van der Waals surface area contributed by atoms with E-state index in [1.54, 1.807) is 7.05 Å². The first-order valence-corrected chi connectivity index (χ1v) is 10.3. The van der Waals surface area contributed by atoms with Crippen LogP contribution in [-0.4, -0.2) is 23.9 Å². The van der Waals surface area contributed by atoms with E-state index >= 15 is 0 Å². The van der Waals surface area contributed by atoms with E-state index in [2.05, 4.69) is 10.6 Å². The lowest BCUT2D eigenvalue weighted by Gasteiger charge is -2.27. The minimum Gasteiger partial charge on any atom is -0.359 e. The van der Waals surface area contributed by atoms with Gasteiger partial charge in [0.1, 0.15) is 11.6 Å². The van der Waals surface area contributed by atoms with E-state index in [1.807, 2.05) is 24.3 Å². The first-order valence-electron chi connectivity index (χ1n) is 10.3. The van der Waals surface area contributed by atoms with E-state index in [4.69, 9.17) is 0 Å². The van der Waals surface area contributed by atoms with E-state index < -0.39 is 11.6 Å². The number of urea groups is 1. The monoisotopic (exact) mass is 413 g/mol. The fraction of sp³-hybridized carbons (Fsp3) is 0.391. The lowest BCUT2D eigenvalue weighted by Crippen LogP contribution is -2.30. The topological polar surface area (TPSA) is 61.4 Å². The first-order chi connectivity index (χ1) is 14.4. The van der Waals surface area contributed by atoms with Crippen LogP contribution in [0.15, 0.2) is 36.4 Å². The molecule has 4 rings (SSSR count). The quantitative estimate of drug-likeness (QED) is 0.777. The maximum absolute atomic E-state index is 13.9. The SMILES string of the molecule is CNC(=O)C1CCC(c2ccc(NC(=O)N3Cc4cc(F)cc(F)c4C3)cc2)CC1. The van der Waals surface area contributed by atoms with Crippen LogP contribution in [0.3, 0.4) is 0 Å². The van der Waals surface area contributed by atoms with Crippen molar-refractivity contribution in [2.75, 3.05) is 12.4 Å². The number of hydrogen-bond donors (Lipinski definition) is 2. The van der Waals surface area contributed by atoms with Gasteiger partial charge < -0.3 is 15.5 Å². The van der Waals surface area contributed by atoms with Gasteiger partial charge in [-0.3, -0.25) is 4.79 Å². The Hall–Kier alpha value is -2.96. The highest BCUT2D eigenvalue weighted by Crippen LogP contribution is 2.36. The molecule has 1 heterocycles. The maximum atomic E-state index is 13.9. The van der Waals surface area contributed by atoms with Crippen LogP contribution in [0.1, 0.15) is 48.3 Å². The van der Waals surface area contributed by atoms with Gasteiger partial charge in [-0.05, 0) is 60.9 Å². The average Bonchev–Trinajstić information content (AvgIpc) is 3.18. The lowest BCUT2D eigenvalue weighted by atomic mass is 9.78. The molecule has 0 radical (unpaired) electrons. The summed E-state index contributed by atoms with van der Waals surface area (Å²) >= 11 is 0. The van der Waals surface area contributed by atoms with Gasteiger partial charge in [-0.25, -0.2) is 13.6 Å². The Bertz CT molecular complexity index is 954. The van der Waals surface area contributed by atoms with Crippen molar-refractivity contribution >= 4 is 17.6 Å². The van der Waals surface area contributed by atoms with Crippen LogP contribution >= 0.6 is 0 Å². The fourth-order valence-corrected chi connectivity index (χ4v) is 4.51. The molecule has 2 aromatic rings. The molecule has 0 atom stereocenters. The van der Waals surface area contributed by atoms with Crippen molar-refractivity contribution in [3.63, 3.8) is 0 Å². The summed E-state index contributed by atoms with van der Waals surface area (Å²) in [4.78, 5) is 25.8. The van der Waals surface area contributed by atoms with Crippen LogP contribution in [0.2, 0.25) is 0 Å². The third kappa shape index (κ3) is 4.15. The van der Waals surface area contributed by atoms with Gasteiger partial charge in [-0.15, -0.1) is 0 Å². The second kappa shape index (κ2) is 8.42. The summed E-state index contributed by atoms with van der Waals surface area (Å²) in [5, 5.41) is 5.56. The summed E-state index contributed by atoms with van der Waals surface area (Å²) in [6, 6.07) is 9.52. The van der Waals surface area contributed by atoms with Gasteiger partial charge in [0, 0.05) is 36.8 Å². The van der Waals surface area contributed by atoms with Gasteiger partial charge in [0.15, 0.2) is 0 Å². The Morgan fingerprint density at radius 1 is 1.00 bits per heavy atom. The number of halogens is 2. The van der Waals surface area contributed by atoms with Crippen molar-refractivity contribution in [3.8, 4) is 0 Å². The molecule has 7 heteroatoms. The third-order valence-corrected chi connectivity index (χ3v) is 6.23. The molecule has 1 aliphatic carbocycles. The minimum absolute atomic E-state index is 0.104. The van der Waals surface area contributed by atoms with Crippen LogP contribution in [0.5, 0.6) is 0 Å². The molecular weight excluding hydrogens is 388 g/mol. The van der Waals surface area contributed by atoms with Crippen molar-refractivity contribution in [2.45, 2.75) is 44.7 Å². The molecule has 1 saturated carbocycles. The molecule has 0 bridgehead atoms. The zero-order chi connectivity index (χ0) is 21.3. The molecule has 158 valence electrons. The normalized spacial score (nSPS) is 20.6. The molecule has 3 amide bonds. The third-order valence-electron chi connectivity index (χ3n) is 6.23. The molecular formula is C23H25F2N3O2. The number of nitrogens with one attached hydrogen (secondary N) is 2. The molecule has 2 aliphatic rings. The zero-order valence-corrected chi connectivity index (χ0v) is 16.9. The molecule has 2 N–H and O–H groups in total. The van der Waals surface area contributed by atoms with Gasteiger partial charge in [0.05, 0.1) is 6.54 Å². The van der Waals surface area contributed by atoms with Crippen LogP contribution in [0, 0.1) is 17.6 Å². The van der Waals surface area contributed by atoms with Gasteiger partial charge >= 0.3 is 6.03 Å². The van der Waals surface area contributed by atoms with E-state index in [9.17, 15) is 18.4 Å². The van der Waals surface area contributed by atoms with Crippen molar-refractivity contribution in [1.82, 2.24) is 10.2 Å². The van der Waals surface area contributed by atoms with Crippen LogP contribution in [0.25, 0.3) is 0 Å². The van der Waals surface area contributed by atoms with Gasteiger partial charge in [-0.1, -0.05) is 12.1 Å². The highest BCUT2D eigenvalue weighted by atomic mass is 19.1. The summed E-state index contributed by atoms with van der Waals surface area (Å²) < 4.78 is 27.3. The Morgan fingerprint density at radius 2 is 1.70 bits per heavy atom. The summed E-state index contributed by atoms with van der Waals surface area (Å²) in [5.74, 6) is -0.600. The zero-order valence-electron chi connectivity index (χ0n) is 16.9. The fourth-order valence-electron chi connectivity index (χ4n) is 4.51. The van der Waals surface area contributed by atoms with Crippen molar-refractivity contribution in [3.05, 3.63) is 64.7 Å². The van der Waals surface area contributed by atoms with Crippen LogP contribution in [-0.2, 0) is 17.9 Å². The highest BCUT2D eigenvalue weighted by Gasteiger charge is 2.28. The van der Waals surface area contributed by atoms with Crippen LogP contribution < -0.4 is 10.6 Å². The minimum atomic E-state index is -0.631. The Kier molecular flexibility index (Phi) is 5.70. The van der Waals surface area contributed by atoms with Crippen molar-refractivity contribution in [2.24, 2.45) is 5.92 Å². The molecule has 1 aliphatic heterocycles. The van der Waals surface area contributed by atoms with E-state index in [1.165, 1.54) is 16.5 Å². The lowest BCUT2D eigenvalue weighted by molar-refractivity contribution is -0.125. The maximum Gasteiger partial charge on any atom is 0.322 e. The molecule has 2 aromatic carbocycles. The number of anilines is 1. The number of hydrogen-bond acceptors (Lipinski definition) is 2. The van der Waals surface area contributed by atoms with E-state index in [-0.39, 0.29) is 30.9 Å². The number of carbonyl (C=O) groups excluding carboxylic acids is 2. The second-order valence-corrected chi connectivity index (χ2v) is 8.10. The standard InChI is InChI=1S/C23H25F2N3O2/c1-26-22(29)16-4-2-14(3-5-16)15-6-8-19(9-7-15)27-23(30)28-12-17-10-18(24)11-21(25)20(17)13-28/h6-11,14,16H,2-5,12-13H2,1H3,(H,26,29)(H,27,30). The van der Waals surface area contributed by atoms with Crippen LogP contribution in [0.4, 0.5) is 19.3 Å². The predicted molar refractivity (Wildman–Crippen MR) is 110 cm³/mol. The largest absolute Gasteiger partial charge is 0.359 e. The molecule has 5 nitrogen and oxygen atoms in total. The number of benzene rings is 2. The number of nitrogens with zero attached hydrogens (tertiary/aromatic N) is 1. The van der Waals surface area contributed by atoms with Crippen molar-refractivity contribution < 1.29 is 18.4 Å². The number of amides is 3. The Morgan fingerprint density at radius 3 is 2.37 bits per heavy atom. The van der Waals surface area contributed by atoms with Crippen molar-refractivity contribution in [1.29, 1.82) is 0 Å². The first kappa shape index (κ1) is 20.3. The van der Waals surface area contributed by atoms with E-state index in [0.717, 1.165) is 31.7 Å². The molecule has 0 unspecified atom stereocenters. The summed E-state index contributed by atoms with van der Waals surface area (Å²) in [6.45, 7) is 0.308. The Balaban J connectivity index is 1.34.